The summed E-state index contributed by atoms with van der Waals surface area (Å²) in [5.74, 6) is 1.11. The number of hydrogen-bond donors (Lipinski definition) is 3. The van der Waals surface area contributed by atoms with E-state index in [-0.39, 0.29) is 25.7 Å². The number of aliphatic hydroxyl groups excluding tert-OH is 1. The molecule has 0 amide bonds. The van der Waals surface area contributed by atoms with Crippen molar-refractivity contribution >= 4 is 39.5 Å². The van der Waals surface area contributed by atoms with E-state index < -0.39 is 97.5 Å². The summed E-state index contributed by atoms with van der Waals surface area (Å²) in [6.45, 7) is 14.4. The molecule has 0 aromatic carbocycles. The van der Waals surface area contributed by atoms with Gasteiger partial charge in [0.2, 0.25) is 0 Å². The number of unbranched alkanes of at least 4 members (excludes halogenated alkanes) is 54. The standard InChI is InChI=1S/C92H180O17P2/c1-9-85(8)71-63-55-47-38-32-26-19-15-11-13-17-21-28-34-40-50-58-66-74-91(96)108-87(78-102-89(94)72-64-56-48-39-33-27-20-16-12-10-14-18-24-30-36-44-52-60-68-82(2)3)80-106-110(98,99)104-76-86(93)77-105-111(100,101)107-81-88(79-103-90(95)73-65-57-49-43-42-46-54-62-70-84(6)7)109-92(97)75-67-59-51-41-35-29-23-22-25-31-37-45-53-61-69-83(4)5/h82-88,93H,9-81H2,1-8H3,(H,98,99)(H,100,101)/t85?,86-,87-,88-/m1/s1. The van der Waals surface area contributed by atoms with E-state index in [1.54, 1.807) is 0 Å². The maximum Gasteiger partial charge on any atom is 0.472 e. The van der Waals surface area contributed by atoms with Crippen LogP contribution >= 0.6 is 15.6 Å². The van der Waals surface area contributed by atoms with Gasteiger partial charge in [0.15, 0.2) is 12.2 Å². The summed E-state index contributed by atoms with van der Waals surface area (Å²) in [7, 11) is -9.94. The molecule has 17 nitrogen and oxygen atoms in total. The SMILES string of the molecule is CCC(C)CCCCCCCCCCCCCCCCCCCCC(=O)O[C@H](COC(=O)CCCCCCCCCCCCCCCCCCCCC(C)C)COP(=O)(O)OC[C@@H](O)COP(=O)(O)OC[C@@H](COC(=O)CCCCCCCCCCC(C)C)OC(=O)CCCCCCCCCCCCCCCCC(C)C. The third-order valence-corrected chi connectivity index (χ3v) is 23.8. The largest absolute Gasteiger partial charge is 0.472 e. The minimum absolute atomic E-state index is 0.107. The van der Waals surface area contributed by atoms with Crippen molar-refractivity contribution in [2.75, 3.05) is 39.6 Å². The number of phosphoric ester groups is 2. The van der Waals surface area contributed by atoms with Gasteiger partial charge in [-0.25, -0.2) is 9.13 Å². The van der Waals surface area contributed by atoms with Gasteiger partial charge in [-0.2, -0.15) is 0 Å². The fourth-order valence-corrected chi connectivity index (χ4v) is 15.9. The number of ether oxygens (including phenoxy) is 4. The Hall–Kier alpha value is -1.94. The zero-order valence-electron chi connectivity index (χ0n) is 73.6. The van der Waals surface area contributed by atoms with Crippen LogP contribution < -0.4 is 0 Å². The molecule has 0 fully saturated rings. The van der Waals surface area contributed by atoms with E-state index in [1.807, 2.05) is 0 Å². The van der Waals surface area contributed by atoms with Gasteiger partial charge in [-0.05, 0) is 49.4 Å². The van der Waals surface area contributed by atoms with Crippen molar-refractivity contribution in [1.82, 2.24) is 0 Å². The van der Waals surface area contributed by atoms with Gasteiger partial charge in [-0.3, -0.25) is 37.3 Å². The van der Waals surface area contributed by atoms with Gasteiger partial charge in [0.05, 0.1) is 26.4 Å². The van der Waals surface area contributed by atoms with E-state index in [0.717, 1.165) is 114 Å². The lowest BCUT2D eigenvalue weighted by molar-refractivity contribution is -0.161. The number of rotatable bonds is 89. The average Bonchev–Trinajstić information content (AvgIpc) is 0.899. The van der Waals surface area contributed by atoms with Crippen LogP contribution in [0.25, 0.3) is 0 Å². The second-order valence-corrected chi connectivity index (χ2v) is 37.6. The van der Waals surface area contributed by atoms with Crippen molar-refractivity contribution in [3.8, 4) is 0 Å². The Bertz CT molecular complexity index is 2150. The highest BCUT2D eigenvalue weighted by Crippen LogP contribution is 2.45. The molecule has 0 aliphatic carbocycles. The summed E-state index contributed by atoms with van der Waals surface area (Å²) in [4.78, 5) is 73.4. The third kappa shape index (κ3) is 84.3. The van der Waals surface area contributed by atoms with Crippen molar-refractivity contribution in [2.24, 2.45) is 23.7 Å². The predicted octanol–water partition coefficient (Wildman–Crippen LogP) is 28.3. The van der Waals surface area contributed by atoms with E-state index in [1.165, 1.54) is 289 Å². The van der Waals surface area contributed by atoms with Crippen LogP contribution in [0.4, 0.5) is 0 Å². The molecule has 111 heavy (non-hydrogen) atoms. The fraction of sp³-hybridized carbons (Fsp3) is 0.957. The number of hydrogen-bond acceptors (Lipinski definition) is 15. The Balaban J connectivity index is 5.23. The van der Waals surface area contributed by atoms with E-state index in [2.05, 4.69) is 55.4 Å². The van der Waals surface area contributed by atoms with Crippen molar-refractivity contribution in [3.05, 3.63) is 0 Å². The molecule has 0 spiro atoms. The van der Waals surface area contributed by atoms with Crippen LogP contribution in [0.2, 0.25) is 0 Å². The molecule has 19 heteroatoms. The van der Waals surface area contributed by atoms with Crippen LogP contribution in [-0.2, 0) is 65.4 Å². The molecule has 0 heterocycles. The lowest BCUT2D eigenvalue weighted by atomic mass is 9.99. The first kappa shape index (κ1) is 109. The molecule has 3 N–H and O–H groups in total. The van der Waals surface area contributed by atoms with Crippen LogP contribution in [0.1, 0.15) is 486 Å². The Labute approximate surface area is 683 Å². The number of aliphatic hydroxyl groups is 1. The number of carbonyl (C=O) groups excluding carboxylic acids is 4. The van der Waals surface area contributed by atoms with Gasteiger partial charge in [0, 0.05) is 25.7 Å². The molecule has 0 aliphatic rings. The zero-order valence-corrected chi connectivity index (χ0v) is 75.4. The molecule has 0 aromatic heterocycles. The molecule has 0 aromatic rings. The highest BCUT2D eigenvalue weighted by Gasteiger charge is 2.31. The number of carbonyl (C=O) groups is 4. The number of phosphoric acid groups is 2. The molecule has 6 atom stereocenters. The topological polar surface area (TPSA) is 237 Å². The van der Waals surface area contributed by atoms with Crippen molar-refractivity contribution < 1.29 is 80.2 Å². The minimum Gasteiger partial charge on any atom is -0.462 e. The highest BCUT2D eigenvalue weighted by atomic mass is 31.2. The average molecular weight is 1620 g/mol. The Morgan fingerprint density at radius 3 is 0.640 bits per heavy atom. The molecule has 0 bridgehead atoms. The van der Waals surface area contributed by atoms with Crippen LogP contribution in [0.5, 0.6) is 0 Å². The second kappa shape index (κ2) is 80.5. The van der Waals surface area contributed by atoms with Gasteiger partial charge in [-0.15, -0.1) is 0 Å². The first-order valence-electron chi connectivity index (χ1n) is 47.2. The molecular weight excluding hydrogens is 1440 g/mol. The molecule has 0 saturated carbocycles. The van der Waals surface area contributed by atoms with Gasteiger partial charge < -0.3 is 33.8 Å². The summed E-state index contributed by atoms with van der Waals surface area (Å²) in [5, 5.41) is 10.7. The first-order valence-corrected chi connectivity index (χ1v) is 50.2. The highest BCUT2D eigenvalue weighted by molar-refractivity contribution is 7.47. The maximum absolute atomic E-state index is 13.2. The van der Waals surface area contributed by atoms with E-state index in [4.69, 9.17) is 37.0 Å². The van der Waals surface area contributed by atoms with Crippen LogP contribution in [0, 0.1) is 23.7 Å². The van der Waals surface area contributed by atoms with E-state index in [9.17, 15) is 43.2 Å². The summed E-state index contributed by atoms with van der Waals surface area (Å²) < 4.78 is 69.1. The lowest BCUT2D eigenvalue weighted by Crippen LogP contribution is -2.30. The molecule has 0 rings (SSSR count). The fourth-order valence-electron chi connectivity index (χ4n) is 14.3. The smallest absolute Gasteiger partial charge is 0.462 e. The molecule has 0 radical (unpaired) electrons. The van der Waals surface area contributed by atoms with Crippen molar-refractivity contribution in [2.45, 2.75) is 504 Å². The molecule has 3 unspecified atom stereocenters. The predicted molar refractivity (Wildman–Crippen MR) is 460 cm³/mol. The Morgan fingerprint density at radius 2 is 0.432 bits per heavy atom. The molecule has 660 valence electrons. The molecule has 0 saturated heterocycles. The Morgan fingerprint density at radius 1 is 0.252 bits per heavy atom. The number of esters is 4. The summed E-state index contributed by atoms with van der Waals surface area (Å²) in [6.07, 6.45) is 72.3. The minimum atomic E-state index is -4.97. The van der Waals surface area contributed by atoms with Gasteiger partial charge >= 0.3 is 39.5 Å². The van der Waals surface area contributed by atoms with Gasteiger partial charge in [0.25, 0.3) is 0 Å². The van der Waals surface area contributed by atoms with Crippen LogP contribution in [0.15, 0.2) is 0 Å². The quantitative estimate of drug-likeness (QED) is 0.0222. The van der Waals surface area contributed by atoms with Gasteiger partial charge in [0.1, 0.15) is 19.3 Å². The summed E-state index contributed by atoms with van der Waals surface area (Å²) >= 11 is 0. The second-order valence-electron chi connectivity index (χ2n) is 34.7. The summed E-state index contributed by atoms with van der Waals surface area (Å²) in [6, 6.07) is 0. The molecular formula is C92H180O17P2. The normalized spacial score (nSPS) is 14.1. The van der Waals surface area contributed by atoms with Gasteiger partial charge in [-0.1, -0.05) is 434 Å². The lowest BCUT2D eigenvalue weighted by Gasteiger charge is -2.21. The summed E-state index contributed by atoms with van der Waals surface area (Å²) in [5.41, 5.74) is 0. The molecule has 0 aliphatic heterocycles. The maximum atomic E-state index is 13.2. The monoisotopic (exact) mass is 1620 g/mol. The Kier molecular flexibility index (Phi) is 79.1. The van der Waals surface area contributed by atoms with Crippen LogP contribution in [0.3, 0.4) is 0 Å². The third-order valence-electron chi connectivity index (χ3n) is 21.9. The van der Waals surface area contributed by atoms with Crippen molar-refractivity contribution in [3.63, 3.8) is 0 Å². The first-order chi connectivity index (χ1) is 53.6. The van der Waals surface area contributed by atoms with E-state index >= 15 is 0 Å². The van der Waals surface area contributed by atoms with Crippen LogP contribution in [-0.4, -0.2) is 96.7 Å². The van der Waals surface area contributed by atoms with Crippen molar-refractivity contribution in [1.29, 1.82) is 0 Å². The van der Waals surface area contributed by atoms with E-state index in [0.29, 0.717) is 25.7 Å². The zero-order chi connectivity index (χ0) is 81.6.